The molecule has 0 amide bonds. The maximum atomic E-state index is 10.5. The van der Waals surface area contributed by atoms with Crippen molar-refractivity contribution in [3.05, 3.63) is 39.4 Å². The molecule has 0 aromatic heterocycles. The van der Waals surface area contributed by atoms with Crippen LogP contribution in [0.3, 0.4) is 0 Å². The topological polar surface area (TPSA) is 60.2 Å². The molecule has 4 heteroatoms. The minimum atomic E-state index is -0.552. The number of aldehydes is 1. The fourth-order valence-corrected chi connectivity index (χ4v) is 1.08. The Kier molecular flexibility index (Phi) is 2.74. The second kappa shape index (κ2) is 3.80. The predicted molar refractivity (Wildman–Crippen MR) is 47.9 cm³/mol. The zero-order valence-corrected chi connectivity index (χ0v) is 7.19. The van der Waals surface area contributed by atoms with Crippen molar-refractivity contribution in [2.24, 2.45) is 0 Å². The fourth-order valence-electron chi connectivity index (χ4n) is 1.08. The lowest BCUT2D eigenvalue weighted by Gasteiger charge is -1.98. The molecule has 1 rings (SSSR count). The molecule has 0 aliphatic rings. The monoisotopic (exact) mass is 179 g/mol. The summed E-state index contributed by atoms with van der Waals surface area (Å²) in [4.78, 5) is 20.4. The van der Waals surface area contributed by atoms with Crippen LogP contribution in [0.2, 0.25) is 0 Å². The van der Waals surface area contributed by atoms with Gasteiger partial charge < -0.3 is 0 Å². The Labute approximate surface area is 75.3 Å². The van der Waals surface area contributed by atoms with E-state index in [1.165, 1.54) is 6.07 Å². The molecule has 0 saturated heterocycles. The summed E-state index contributed by atoms with van der Waals surface area (Å²) < 4.78 is 0. The summed E-state index contributed by atoms with van der Waals surface area (Å²) in [6, 6.07) is 4.57. The number of rotatable bonds is 3. The zero-order chi connectivity index (χ0) is 9.84. The summed E-state index contributed by atoms with van der Waals surface area (Å²) >= 11 is 0. The van der Waals surface area contributed by atoms with Crippen LogP contribution in [0.25, 0.3) is 0 Å². The SMILES string of the molecule is CCc1ccc([N+](=O)[O-])c(C=O)c1. The summed E-state index contributed by atoms with van der Waals surface area (Å²) in [5.74, 6) is 0. The van der Waals surface area contributed by atoms with Gasteiger partial charge in [0.05, 0.1) is 10.5 Å². The second-order valence-corrected chi connectivity index (χ2v) is 2.62. The van der Waals surface area contributed by atoms with Crippen molar-refractivity contribution >= 4 is 12.0 Å². The molecule has 68 valence electrons. The smallest absolute Gasteiger partial charge is 0.279 e. The summed E-state index contributed by atoms with van der Waals surface area (Å²) in [6.45, 7) is 1.93. The van der Waals surface area contributed by atoms with Gasteiger partial charge in [0.2, 0.25) is 0 Å². The van der Waals surface area contributed by atoms with Crippen molar-refractivity contribution in [1.29, 1.82) is 0 Å². The maximum Gasteiger partial charge on any atom is 0.279 e. The first-order valence-electron chi connectivity index (χ1n) is 3.91. The molecule has 0 N–H and O–H groups in total. The first kappa shape index (κ1) is 9.38. The lowest BCUT2D eigenvalue weighted by molar-refractivity contribution is -0.385. The van der Waals surface area contributed by atoms with Crippen LogP contribution >= 0.6 is 0 Å². The van der Waals surface area contributed by atoms with Crippen LogP contribution in [-0.2, 0) is 6.42 Å². The predicted octanol–water partition coefficient (Wildman–Crippen LogP) is 1.97. The van der Waals surface area contributed by atoms with Gasteiger partial charge in [-0.25, -0.2) is 0 Å². The summed E-state index contributed by atoms with van der Waals surface area (Å²) in [5, 5.41) is 10.4. The third-order valence-electron chi connectivity index (χ3n) is 1.82. The van der Waals surface area contributed by atoms with E-state index in [1.807, 2.05) is 6.92 Å². The minimum absolute atomic E-state index is 0.132. The largest absolute Gasteiger partial charge is 0.298 e. The van der Waals surface area contributed by atoms with Gasteiger partial charge in [-0.3, -0.25) is 14.9 Å². The number of benzene rings is 1. The molecule has 0 radical (unpaired) electrons. The first-order valence-corrected chi connectivity index (χ1v) is 3.91. The summed E-state index contributed by atoms with van der Waals surface area (Å²) in [6.07, 6.45) is 1.27. The quantitative estimate of drug-likeness (QED) is 0.405. The van der Waals surface area contributed by atoms with Gasteiger partial charge in [0, 0.05) is 6.07 Å². The van der Waals surface area contributed by atoms with Gasteiger partial charge in [-0.1, -0.05) is 13.0 Å². The average molecular weight is 179 g/mol. The maximum absolute atomic E-state index is 10.5. The molecule has 0 fully saturated rings. The van der Waals surface area contributed by atoms with E-state index >= 15 is 0 Å². The van der Waals surface area contributed by atoms with Gasteiger partial charge in [0.25, 0.3) is 5.69 Å². The van der Waals surface area contributed by atoms with E-state index in [1.54, 1.807) is 12.1 Å². The minimum Gasteiger partial charge on any atom is -0.298 e. The Balaban J connectivity index is 3.23. The first-order chi connectivity index (χ1) is 6.19. The molecule has 0 bridgehead atoms. The van der Waals surface area contributed by atoms with Crippen molar-refractivity contribution < 1.29 is 9.72 Å². The van der Waals surface area contributed by atoms with E-state index in [4.69, 9.17) is 0 Å². The number of carbonyl (C=O) groups is 1. The molecular formula is C9H9NO3. The van der Waals surface area contributed by atoms with E-state index in [0.717, 1.165) is 12.0 Å². The van der Waals surface area contributed by atoms with Crippen LogP contribution in [-0.4, -0.2) is 11.2 Å². The number of hydrogen-bond acceptors (Lipinski definition) is 3. The molecule has 1 aromatic carbocycles. The molecule has 0 saturated carbocycles. The van der Waals surface area contributed by atoms with Gasteiger partial charge in [-0.2, -0.15) is 0 Å². The van der Waals surface area contributed by atoms with Crippen molar-refractivity contribution in [2.75, 3.05) is 0 Å². The highest BCUT2D eigenvalue weighted by atomic mass is 16.6. The highest BCUT2D eigenvalue weighted by Crippen LogP contribution is 2.18. The van der Waals surface area contributed by atoms with E-state index in [-0.39, 0.29) is 11.3 Å². The molecule has 0 aliphatic heterocycles. The van der Waals surface area contributed by atoms with Crippen molar-refractivity contribution in [1.82, 2.24) is 0 Å². The number of hydrogen-bond donors (Lipinski definition) is 0. The van der Waals surface area contributed by atoms with Crippen LogP contribution in [0.5, 0.6) is 0 Å². The molecule has 13 heavy (non-hydrogen) atoms. The molecule has 0 atom stereocenters. The van der Waals surface area contributed by atoms with E-state index in [2.05, 4.69) is 0 Å². The second-order valence-electron chi connectivity index (χ2n) is 2.62. The van der Waals surface area contributed by atoms with E-state index in [0.29, 0.717) is 6.29 Å². The Morgan fingerprint density at radius 3 is 2.69 bits per heavy atom. The highest BCUT2D eigenvalue weighted by Gasteiger charge is 2.12. The Hall–Kier alpha value is -1.71. The number of aryl methyl sites for hydroxylation is 1. The number of nitro groups is 1. The molecule has 0 spiro atoms. The van der Waals surface area contributed by atoms with Crippen LogP contribution in [0, 0.1) is 10.1 Å². The van der Waals surface area contributed by atoms with Gasteiger partial charge in [-0.05, 0) is 18.1 Å². The standard InChI is InChI=1S/C9H9NO3/c1-2-7-3-4-9(10(12)13)8(5-7)6-11/h3-6H,2H2,1H3. The Morgan fingerprint density at radius 2 is 2.23 bits per heavy atom. The fraction of sp³-hybridized carbons (Fsp3) is 0.222. The molecule has 0 aliphatic carbocycles. The average Bonchev–Trinajstić information content (AvgIpc) is 2.16. The zero-order valence-electron chi connectivity index (χ0n) is 7.19. The van der Waals surface area contributed by atoms with Crippen LogP contribution < -0.4 is 0 Å². The highest BCUT2D eigenvalue weighted by molar-refractivity contribution is 5.81. The van der Waals surface area contributed by atoms with Crippen LogP contribution in [0.15, 0.2) is 18.2 Å². The van der Waals surface area contributed by atoms with Gasteiger partial charge >= 0.3 is 0 Å². The van der Waals surface area contributed by atoms with E-state index < -0.39 is 4.92 Å². The third kappa shape index (κ3) is 1.90. The molecule has 1 aromatic rings. The van der Waals surface area contributed by atoms with Gasteiger partial charge in [-0.15, -0.1) is 0 Å². The normalized spacial score (nSPS) is 9.62. The third-order valence-corrected chi connectivity index (χ3v) is 1.82. The van der Waals surface area contributed by atoms with Crippen molar-refractivity contribution in [3.63, 3.8) is 0 Å². The number of carbonyl (C=O) groups excluding carboxylic acids is 1. The molecular weight excluding hydrogens is 170 g/mol. The van der Waals surface area contributed by atoms with Gasteiger partial charge in [0.15, 0.2) is 6.29 Å². The van der Waals surface area contributed by atoms with Crippen LogP contribution in [0.4, 0.5) is 5.69 Å². The molecule has 0 heterocycles. The molecule has 4 nitrogen and oxygen atoms in total. The van der Waals surface area contributed by atoms with Crippen LogP contribution in [0.1, 0.15) is 22.8 Å². The summed E-state index contributed by atoms with van der Waals surface area (Å²) in [7, 11) is 0. The number of nitrogens with zero attached hydrogens (tertiary/aromatic N) is 1. The van der Waals surface area contributed by atoms with Crippen molar-refractivity contribution in [2.45, 2.75) is 13.3 Å². The summed E-state index contributed by atoms with van der Waals surface area (Å²) in [5.41, 5.74) is 0.934. The lowest BCUT2D eigenvalue weighted by Crippen LogP contribution is -1.95. The van der Waals surface area contributed by atoms with Crippen molar-refractivity contribution in [3.8, 4) is 0 Å². The lowest BCUT2D eigenvalue weighted by atomic mass is 10.1. The van der Waals surface area contributed by atoms with E-state index in [9.17, 15) is 14.9 Å². The Bertz CT molecular complexity index is 347. The molecule has 0 unspecified atom stereocenters. The van der Waals surface area contributed by atoms with Gasteiger partial charge in [0.1, 0.15) is 0 Å². The number of nitro benzene ring substituents is 1. The Morgan fingerprint density at radius 1 is 1.54 bits per heavy atom.